The second kappa shape index (κ2) is 2.85. The monoisotopic (exact) mass is 139 g/mol. The second-order valence-corrected chi connectivity index (χ2v) is 3.41. The molecule has 0 aliphatic heterocycles. The summed E-state index contributed by atoms with van der Waals surface area (Å²) in [5, 5.41) is 17.7. The maximum absolute atomic E-state index is 9.33. The Morgan fingerprint density at radius 1 is 1.60 bits per heavy atom. The van der Waals surface area contributed by atoms with Gasteiger partial charge in [0.15, 0.2) is 0 Å². The van der Waals surface area contributed by atoms with Gasteiger partial charge in [-0.1, -0.05) is 27.4 Å². The Morgan fingerprint density at radius 2 is 2.00 bits per heavy atom. The van der Waals surface area contributed by atoms with Gasteiger partial charge in [0, 0.05) is 0 Å². The number of aliphatic hydroxyl groups is 1. The third-order valence-corrected chi connectivity index (χ3v) is 1.29. The maximum Gasteiger partial charge on any atom is 0.0968 e. The van der Waals surface area contributed by atoms with E-state index in [2.05, 4.69) is 6.58 Å². The maximum atomic E-state index is 9.33. The van der Waals surface area contributed by atoms with Gasteiger partial charge in [-0.3, -0.25) is 0 Å². The van der Waals surface area contributed by atoms with Crippen molar-refractivity contribution in [3.05, 3.63) is 12.2 Å². The number of hydrogen-bond acceptors (Lipinski definition) is 2. The van der Waals surface area contributed by atoms with Gasteiger partial charge in [-0.2, -0.15) is 5.26 Å². The van der Waals surface area contributed by atoms with Crippen molar-refractivity contribution < 1.29 is 5.11 Å². The molecule has 0 aromatic rings. The zero-order valence-electron chi connectivity index (χ0n) is 6.68. The Balaban J connectivity index is 4.26. The lowest BCUT2D eigenvalue weighted by molar-refractivity contribution is 0.0991. The summed E-state index contributed by atoms with van der Waals surface area (Å²) in [6, 6.07) is 1.83. The normalized spacial score (nSPS) is 13.9. The SMILES string of the molecule is C=C(C#N)[C@H](O)C(C)(C)C. The van der Waals surface area contributed by atoms with E-state index >= 15 is 0 Å². The van der Waals surface area contributed by atoms with Crippen LogP contribution in [-0.4, -0.2) is 11.2 Å². The van der Waals surface area contributed by atoms with Gasteiger partial charge in [0.1, 0.15) is 0 Å². The molecule has 0 unspecified atom stereocenters. The van der Waals surface area contributed by atoms with Crippen molar-refractivity contribution in [1.29, 1.82) is 5.26 Å². The van der Waals surface area contributed by atoms with Crippen LogP contribution in [0, 0.1) is 16.7 Å². The highest BCUT2D eigenvalue weighted by Crippen LogP contribution is 2.23. The highest BCUT2D eigenvalue weighted by Gasteiger charge is 2.24. The van der Waals surface area contributed by atoms with Crippen LogP contribution in [0.3, 0.4) is 0 Å². The van der Waals surface area contributed by atoms with Crippen molar-refractivity contribution in [2.24, 2.45) is 5.41 Å². The molecular weight excluding hydrogens is 126 g/mol. The summed E-state index contributed by atoms with van der Waals surface area (Å²) in [5.41, 5.74) is -0.0557. The molecule has 2 heteroatoms. The molecule has 0 heterocycles. The topological polar surface area (TPSA) is 44.0 Å². The van der Waals surface area contributed by atoms with Gasteiger partial charge in [-0.05, 0) is 5.41 Å². The number of nitrogens with zero attached hydrogens (tertiary/aromatic N) is 1. The molecule has 1 atom stereocenters. The van der Waals surface area contributed by atoms with Crippen LogP contribution in [0.5, 0.6) is 0 Å². The first-order valence-electron chi connectivity index (χ1n) is 3.16. The Labute approximate surface area is 61.8 Å². The number of hydrogen-bond donors (Lipinski definition) is 1. The van der Waals surface area contributed by atoms with E-state index in [0.717, 1.165) is 0 Å². The van der Waals surface area contributed by atoms with Crippen LogP contribution in [0.2, 0.25) is 0 Å². The van der Waals surface area contributed by atoms with Gasteiger partial charge in [0.2, 0.25) is 0 Å². The number of nitriles is 1. The molecule has 0 saturated carbocycles. The Kier molecular flexibility index (Phi) is 2.62. The lowest BCUT2D eigenvalue weighted by Crippen LogP contribution is -2.26. The summed E-state index contributed by atoms with van der Waals surface area (Å²) < 4.78 is 0. The van der Waals surface area contributed by atoms with Gasteiger partial charge in [-0.25, -0.2) is 0 Å². The molecule has 10 heavy (non-hydrogen) atoms. The van der Waals surface area contributed by atoms with E-state index in [4.69, 9.17) is 5.26 Å². The predicted octanol–water partition coefficient (Wildman–Crippen LogP) is 1.47. The summed E-state index contributed by atoms with van der Waals surface area (Å²) in [7, 11) is 0. The Morgan fingerprint density at radius 3 is 2.10 bits per heavy atom. The minimum Gasteiger partial charge on any atom is -0.387 e. The molecule has 56 valence electrons. The fraction of sp³-hybridized carbons (Fsp3) is 0.625. The first-order valence-corrected chi connectivity index (χ1v) is 3.16. The van der Waals surface area contributed by atoms with E-state index in [0.29, 0.717) is 0 Å². The van der Waals surface area contributed by atoms with Crippen molar-refractivity contribution in [2.45, 2.75) is 26.9 Å². The van der Waals surface area contributed by atoms with Crippen molar-refractivity contribution in [2.75, 3.05) is 0 Å². The van der Waals surface area contributed by atoms with Crippen LogP contribution >= 0.6 is 0 Å². The highest BCUT2D eigenvalue weighted by atomic mass is 16.3. The molecule has 0 saturated heterocycles. The van der Waals surface area contributed by atoms with Crippen molar-refractivity contribution in [3.63, 3.8) is 0 Å². The average Bonchev–Trinajstić information content (AvgIpc) is 1.83. The molecule has 0 aromatic carbocycles. The number of aliphatic hydroxyl groups excluding tert-OH is 1. The number of rotatable bonds is 1. The van der Waals surface area contributed by atoms with E-state index in [1.165, 1.54) is 0 Å². The molecular formula is C8H13NO. The summed E-state index contributed by atoms with van der Waals surface area (Å²) in [4.78, 5) is 0. The largest absolute Gasteiger partial charge is 0.387 e. The molecule has 0 spiro atoms. The molecule has 0 fully saturated rings. The van der Waals surface area contributed by atoms with Gasteiger partial charge in [0.05, 0.1) is 17.7 Å². The summed E-state index contributed by atoms with van der Waals surface area (Å²) in [6.45, 7) is 9.01. The predicted molar refractivity (Wildman–Crippen MR) is 40.2 cm³/mol. The van der Waals surface area contributed by atoms with Crippen LogP contribution in [0.1, 0.15) is 20.8 Å². The molecule has 0 bridgehead atoms. The minimum absolute atomic E-state index is 0.229. The van der Waals surface area contributed by atoms with E-state index in [1.54, 1.807) is 0 Å². The zero-order chi connectivity index (χ0) is 8.36. The first kappa shape index (κ1) is 9.19. The van der Waals surface area contributed by atoms with Crippen molar-refractivity contribution in [3.8, 4) is 6.07 Å². The minimum atomic E-state index is -0.725. The molecule has 0 aliphatic rings. The fourth-order valence-corrected chi connectivity index (χ4v) is 0.584. The van der Waals surface area contributed by atoms with Gasteiger partial charge in [0.25, 0.3) is 0 Å². The van der Waals surface area contributed by atoms with E-state index in [-0.39, 0.29) is 11.0 Å². The van der Waals surface area contributed by atoms with Gasteiger partial charge >= 0.3 is 0 Å². The van der Waals surface area contributed by atoms with E-state index < -0.39 is 6.10 Å². The van der Waals surface area contributed by atoms with Crippen LogP contribution in [0.4, 0.5) is 0 Å². The molecule has 0 radical (unpaired) electrons. The van der Waals surface area contributed by atoms with Crippen LogP contribution in [-0.2, 0) is 0 Å². The first-order chi connectivity index (χ1) is 4.39. The van der Waals surface area contributed by atoms with Gasteiger partial charge in [-0.15, -0.1) is 0 Å². The van der Waals surface area contributed by atoms with Crippen LogP contribution < -0.4 is 0 Å². The Hall–Kier alpha value is -0.810. The van der Waals surface area contributed by atoms with Crippen LogP contribution in [0.25, 0.3) is 0 Å². The smallest absolute Gasteiger partial charge is 0.0968 e. The molecule has 0 rings (SSSR count). The third kappa shape index (κ3) is 2.20. The molecule has 0 aliphatic carbocycles. The summed E-state index contributed by atoms with van der Waals surface area (Å²) in [5.74, 6) is 0. The zero-order valence-corrected chi connectivity index (χ0v) is 6.68. The van der Waals surface area contributed by atoms with Gasteiger partial charge < -0.3 is 5.11 Å². The molecule has 0 amide bonds. The molecule has 2 nitrogen and oxygen atoms in total. The molecule has 0 aromatic heterocycles. The average molecular weight is 139 g/mol. The standard InChI is InChI=1S/C8H13NO/c1-6(5-9)7(10)8(2,3)4/h7,10H,1H2,2-4H3/t7-/m0/s1. The third-order valence-electron chi connectivity index (χ3n) is 1.29. The molecule has 1 N–H and O–H groups in total. The van der Waals surface area contributed by atoms with E-state index in [1.807, 2.05) is 26.8 Å². The highest BCUT2D eigenvalue weighted by molar-refractivity contribution is 5.22. The lowest BCUT2D eigenvalue weighted by Gasteiger charge is -2.24. The van der Waals surface area contributed by atoms with E-state index in [9.17, 15) is 5.11 Å². The summed E-state index contributed by atoms with van der Waals surface area (Å²) >= 11 is 0. The second-order valence-electron chi connectivity index (χ2n) is 3.41. The summed E-state index contributed by atoms with van der Waals surface area (Å²) in [6.07, 6.45) is -0.725. The Bertz CT molecular complexity index is 171. The van der Waals surface area contributed by atoms with Crippen molar-refractivity contribution >= 4 is 0 Å². The van der Waals surface area contributed by atoms with Crippen LogP contribution in [0.15, 0.2) is 12.2 Å². The fourth-order valence-electron chi connectivity index (χ4n) is 0.584. The van der Waals surface area contributed by atoms with Crippen molar-refractivity contribution in [1.82, 2.24) is 0 Å². The quantitative estimate of drug-likeness (QED) is 0.559. The lowest BCUT2D eigenvalue weighted by atomic mass is 9.85.